The molecule has 0 atom stereocenters. The Labute approximate surface area is 95.0 Å². The fourth-order valence-corrected chi connectivity index (χ4v) is 1.44. The third-order valence-corrected chi connectivity index (χ3v) is 2.20. The lowest BCUT2D eigenvalue weighted by Crippen LogP contribution is -2.03. The lowest BCUT2D eigenvalue weighted by Gasteiger charge is -2.04. The van der Waals surface area contributed by atoms with Gasteiger partial charge in [0.05, 0.1) is 17.7 Å². The van der Waals surface area contributed by atoms with Crippen LogP contribution in [0.4, 0.5) is 0 Å². The van der Waals surface area contributed by atoms with E-state index in [9.17, 15) is 9.90 Å². The molecule has 2 heteroatoms. The maximum atomic E-state index is 11.1. The first-order valence-corrected chi connectivity index (χ1v) is 4.98. The van der Waals surface area contributed by atoms with Crippen molar-refractivity contribution in [1.82, 2.24) is 0 Å². The van der Waals surface area contributed by atoms with Gasteiger partial charge in [-0.2, -0.15) is 0 Å². The van der Waals surface area contributed by atoms with Gasteiger partial charge in [-0.15, -0.1) is 0 Å². The predicted octanol–water partition coefficient (Wildman–Crippen LogP) is 2.60. The van der Waals surface area contributed by atoms with E-state index < -0.39 is 0 Å². The Bertz CT molecular complexity index is 439. The molecule has 0 bridgehead atoms. The third kappa shape index (κ3) is 2.64. The van der Waals surface area contributed by atoms with Gasteiger partial charge in [0.25, 0.3) is 0 Å². The van der Waals surface area contributed by atoms with Crippen LogP contribution >= 0.6 is 0 Å². The summed E-state index contributed by atoms with van der Waals surface area (Å²) in [5.41, 5.74) is 1.76. The standard InChI is InChI=1S/C14H10O2/c15-13-5-1-3-11(9-13)7-8-12-4-2-6-14(16)10-12/h1-10H/p+1. The number of ketones is 1. The van der Waals surface area contributed by atoms with Crippen LogP contribution in [0.15, 0.2) is 59.4 Å². The van der Waals surface area contributed by atoms with Crippen molar-refractivity contribution < 1.29 is 9.90 Å². The smallest absolute Gasteiger partial charge is 0.202 e. The minimum Gasteiger partial charge on any atom is -0.492 e. The highest BCUT2D eigenvalue weighted by Crippen LogP contribution is 2.16. The van der Waals surface area contributed by atoms with E-state index in [1.807, 2.05) is 24.6 Å². The molecular weight excluding hydrogens is 200 g/mol. The first-order valence-electron chi connectivity index (χ1n) is 4.98. The highest BCUT2D eigenvalue weighted by Gasteiger charge is 2.09. The van der Waals surface area contributed by atoms with Crippen LogP contribution in [-0.4, -0.2) is 10.9 Å². The molecule has 2 aliphatic carbocycles. The van der Waals surface area contributed by atoms with Crippen LogP contribution in [-0.2, 0) is 4.79 Å². The zero-order valence-electron chi connectivity index (χ0n) is 8.63. The van der Waals surface area contributed by atoms with Gasteiger partial charge in [0, 0.05) is 18.6 Å². The molecule has 0 radical (unpaired) electrons. The number of allylic oxidation sites excluding steroid dienone is 9. The van der Waals surface area contributed by atoms with E-state index in [2.05, 4.69) is 0 Å². The van der Waals surface area contributed by atoms with E-state index in [-0.39, 0.29) is 11.5 Å². The van der Waals surface area contributed by atoms with Crippen LogP contribution in [0.25, 0.3) is 0 Å². The number of hydrogen-bond acceptors (Lipinski definition) is 2. The lowest BCUT2D eigenvalue weighted by molar-refractivity contribution is -0.112. The Morgan fingerprint density at radius 2 is 2.06 bits per heavy atom. The monoisotopic (exact) mass is 211 g/mol. The fraction of sp³-hybridized carbons (Fsp3) is 0. The topological polar surface area (TPSA) is 37.3 Å². The zero-order chi connectivity index (χ0) is 11.4. The molecule has 2 aliphatic rings. The van der Waals surface area contributed by atoms with Crippen molar-refractivity contribution in [2.24, 2.45) is 0 Å². The van der Waals surface area contributed by atoms with Crippen LogP contribution < -0.4 is 0 Å². The van der Waals surface area contributed by atoms with Crippen molar-refractivity contribution in [1.29, 1.82) is 0 Å². The number of rotatable bonds is 1. The van der Waals surface area contributed by atoms with Crippen molar-refractivity contribution in [2.75, 3.05) is 0 Å². The van der Waals surface area contributed by atoms with Crippen molar-refractivity contribution in [3.63, 3.8) is 0 Å². The number of Topliss-reactive ketones (excluding diaryl/α,β-unsaturated/α-hetero) is 1. The molecule has 0 aromatic rings. The molecule has 0 heterocycles. The van der Waals surface area contributed by atoms with Gasteiger partial charge in [0.1, 0.15) is 0 Å². The Morgan fingerprint density at radius 3 is 2.81 bits per heavy atom. The summed E-state index contributed by atoms with van der Waals surface area (Å²) < 4.78 is 0. The van der Waals surface area contributed by atoms with E-state index in [0.717, 1.165) is 11.1 Å². The summed E-state index contributed by atoms with van der Waals surface area (Å²) in [6, 6.07) is 0. The van der Waals surface area contributed by atoms with Crippen LogP contribution in [0, 0.1) is 19.3 Å². The molecule has 16 heavy (non-hydrogen) atoms. The summed E-state index contributed by atoms with van der Waals surface area (Å²) in [5, 5.41) is 9.27. The highest BCUT2D eigenvalue weighted by atomic mass is 16.3. The molecule has 0 spiro atoms. The summed E-state index contributed by atoms with van der Waals surface area (Å²) in [7, 11) is 0. The summed E-state index contributed by atoms with van der Waals surface area (Å²) in [4.78, 5) is 11.1. The molecule has 2 nitrogen and oxygen atoms in total. The number of aliphatic hydroxyl groups is 1. The third-order valence-electron chi connectivity index (χ3n) is 2.20. The minimum atomic E-state index is -0.00180. The van der Waals surface area contributed by atoms with Crippen molar-refractivity contribution in [3.05, 3.63) is 78.7 Å². The van der Waals surface area contributed by atoms with Crippen LogP contribution in [0.2, 0.25) is 0 Å². The fourth-order valence-electron chi connectivity index (χ4n) is 1.44. The van der Waals surface area contributed by atoms with E-state index in [4.69, 9.17) is 0 Å². The SMILES string of the molecule is O=C1[CH+]C(=CC=C2C=C(O)C=C[CH+]2)C=C[CH-]1. The van der Waals surface area contributed by atoms with E-state index in [0.29, 0.717) is 0 Å². The van der Waals surface area contributed by atoms with Gasteiger partial charge in [-0.05, 0) is 24.5 Å². The van der Waals surface area contributed by atoms with Gasteiger partial charge in [0.15, 0.2) is 5.78 Å². The van der Waals surface area contributed by atoms with Crippen LogP contribution in [0.1, 0.15) is 0 Å². The molecule has 0 unspecified atom stereocenters. The second kappa shape index (κ2) is 4.53. The van der Waals surface area contributed by atoms with Crippen LogP contribution in [0.5, 0.6) is 0 Å². The van der Waals surface area contributed by atoms with Gasteiger partial charge >= 0.3 is 0 Å². The first kappa shape index (κ1) is 10.3. The molecule has 0 aliphatic heterocycles. The van der Waals surface area contributed by atoms with Gasteiger partial charge < -0.3 is 5.11 Å². The van der Waals surface area contributed by atoms with E-state index >= 15 is 0 Å². The average molecular weight is 211 g/mol. The van der Waals surface area contributed by atoms with Crippen molar-refractivity contribution >= 4 is 5.78 Å². The highest BCUT2D eigenvalue weighted by molar-refractivity contribution is 6.01. The molecule has 2 rings (SSSR count). The second-order valence-electron chi connectivity index (χ2n) is 3.50. The second-order valence-corrected chi connectivity index (χ2v) is 3.50. The number of aliphatic hydroxyl groups excluding tert-OH is 1. The molecule has 0 amide bonds. The Morgan fingerprint density at radius 1 is 1.25 bits per heavy atom. The molecule has 0 saturated carbocycles. The average Bonchev–Trinajstić information content (AvgIpc) is 2.27. The molecule has 0 fully saturated rings. The normalized spacial score (nSPS) is 23.8. The quantitative estimate of drug-likeness (QED) is 0.677. The Kier molecular flexibility index (Phi) is 2.92. The number of carbonyl (C=O) groups is 1. The number of hydrogen-bond donors (Lipinski definition) is 1. The van der Waals surface area contributed by atoms with Crippen molar-refractivity contribution in [2.45, 2.75) is 0 Å². The Balaban J connectivity index is 2.11. The predicted molar refractivity (Wildman–Crippen MR) is 63.1 cm³/mol. The van der Waals surface area contributed by atoms with Gasteiger partial charge in [-0.1, -0.05) is 12.2 Å². The van der Waals surface area contributed by atoms with E-state index in [1.54, 1.807) is 30.7 Å². The molecule has 0 aromatic carbocycles. The summed E-state index contributed by atoms with van der Waals surface area (Å²) in [5.74, 6) is 0.234. The molecular formula is C14H11O2+. The van der Waals surface area contributed by atoms with Gasteiger partial charge in [-0.3, -0.25) is 4.79 Å². The maximum Gasteiger partial charge on any atom is 0.202 e. The molecule has 1 N–H and O–H groups in total. The zero-order valence-corrected chi connectivity index (χ0v) is 8.63. The summed E-state index contributed by atoms with van der Waals surface area (Å²) in [6.07, 6.45) is 17.3. The van der Waals surface area contributed by atoms with E-state index in [1.165, 1.54) is 6.42 Å². The Hall–Kier alpha value is -2.22. The van der Waals surface area contributed by atoms with Crippen molar-refractivity contribution in [3.8, 4) is 0 Å². The summed E-state index contributed by atoms with van der Waals surface area (Å²) >= 11 is 0. The van der Waals surface area contributed by atoms with Gasteiger partial charge in [0.2, 0.25) is 5.76 Å². The lowest BCUT2D eigenvalue weighted by atomic mass is 9.99. The maximum absolute atomic E-state index is 11.1. The summed E-state index contributed by atoms with van der Waals surface area (Å²) in [6.45, 7) is 0. The molecule has 0 saturated heterocycles. The first-order chi connectivity index (χ1) is 7.74. The molecule has 0 aromatic heterocycles. The number of carbonyl (C=O) groups excluding carboxylic acids is 1. The molecule has 78 valence electrons. The van der Waals surface area contributed by atoms with Crippen LogP contribution in [0.3, 0.4) is 0 Å². The largest absolute Gasteiger partial charge is 0.492 e. The van der Waals surface area contributed by atoms with Gasteiger partial charge in [-0.25, -0.2) is 0 Å². The minimum absolute atomic E-state index is 0.00180.